The highest BCUT2D eigenvalue weighted by molar-refractivity contribution is 5.87. The second-order valence-electron chi connectivity index (χ2n) is 8.42. The number of carbonyl (C=O) groups excluding carboxylic acids is 1. The minimum Gasteiger partial charge on any atom is -0.399 e. The molecular formula is C29H26N2O. The molecule has 0 bridgehead atoms. The average molecular weight is 419 g/mol. The van der Waals surface area contributed by atoms with Crippen LogP contribution in [0, 0.1) is 0 Å². The van der Waals surface area contributed by atoms with Crippen LogP contribution in [0.4, 0.5) is 5.69 Å². The van der Waals surface area contributed by atoms with Crippen LogP contribution in [0.5, 0.6) is 0 Å². The first-order chi connectivity index (χ1) is 15.7. The van der Waals surface area contributed by atoms with E-state index in [0.717, 1.165) is 28.8 Å². The zero-order valence-electron chi connectivity index (χ0n) is 17.8. The van der Waals surface area contributed by atoms with Crippen molar-refractivity contribution in [1.29, 1.82) is 0 Å². The standard InChI is InChI=1S/C29H26N2O/c30-24-16-9-15-22(18-24)26-19-23-14-7-8-17-25(23)28(26)31-29(32)27(20-10-3-1-4-11-20)21-12-5-2-6-13-21/h1-18,26-28H,19,30H2,(H,31,32)/t26-,28-/m1/s1. The number of amides is 1. The van der Waals surface area contributed by atoms with E-state index >= 15 is 0 Å². The molecule has 158 valence electrons. The lowest BCUT2D eigenvalue weighted by molar-refractivity contribution is -0.122. The van der Waals surface area contributed by atoms with Crippen molar-refractivity contribution in [1.82, 2.24) is 5.32 Å². The molecule has 0 unspecified atom stereocenters. The van der Waals surface area contributed by atoms with E-state index in [9.17, 15) is 4.79 Å². The topological polar surface area (TPSA) is 55.1 Å². The maximum Gasteiger partial charge on any atom is 0.232 e. The molecule has 1 aliphatic carbocycles. The lowest BCUT2D eigenvalue weighted by Gasteiger charge is -2.26. The zero-order valence-corrected chi connectivity index (χ0v) is 17.8. The molecule has 1 aliphatic rings. The molecule has 0 aliphatic heterocycles. The molecule has 4 aromatic rings. The van der Waals surface area contributed by atoms with Gasteiger partial charge in [0.2, 0.25) is 5.91 Å². The molecule has 3 heteroatoms. The Bertz CT molecular complexity index is 1180. The second kappa shape index (κ2) is 8.72. The molecular weight excluding hydrogens is 392 g/mol. The molecule has 5 rings (SSSR count). The number of fused-ring (bicyclic) bond motifs is 1. The zero-order chi connectivity index (χ0) is 21.9. The second-order valence-corrected chi connectivity index (χ2v) is 8.42. The fourth-order valence-corrected chi connectivity index (χ4v) is 4.90. The van der Waals surface area contributed by atoms with Crippen LogP contribution >= 0.6 is 0 Å². The first-order valence-electron chi connectivity index (χ1n) is 11.0. The Balaban J connectivity index is 1.52. The van der Waals surface area contributed by atoms with Crippen LogP contribution in [0.1, 0.15) is 45.7 Å². The number of hydrogen-bond donors (Lipinski definition) is 2. The highest BCUT2D eigenvalue weighted by Gasteiger charge is 2.36. The molecule has 32 heavy (non-hydrogen) atoms. The number of benzene rings is 4. The fourth-order valence-electron chi connectivity index (χ4n) is 4.90. The van der Waals surface area contributed by atoms with Gasteiger partial charge in [0.15, 0.2) is 0 Å². The first kappa shape index (κ1) is 20.1. The Labute approximate surface area is 188 Å². The summed E-state index contributed by atoms with van der Waals surface area (Å²) in [6.07, 6.45) is 0.881. The van der Waals surface area contributed by atoms with Gasteiger partial charge in [-0.3, -0.25) is 4.79 Å². The normalized spacial score (nSPS) is 17.2. The van der Waals surface area contributed by atoms with Crippen molar-refractivity contribution < 1.29 is 4.79 Å². The average Bonchev–Trinajstić information content (AvgIpc) is 3.19. The van der Waals surface area contributed by atoms with Crippen LogP contribution < -0.4 is 11.1 Å². The number of nitrogen functional groups attached to an aromatic ring is 1. The summed E-state index contributed by atoms with van der Waals surface area (Å²) in [7, 11) is 0. The summed E-state index contributed by atoms with van der Waals surface area (Å²) in [5.74, 6) is -0.211. The predicted octanol–water partition coefficient (Wildman–Crippen LogP) is 5.60. The number of anilines is 1. The van der Waals surface area contributed by atoms with Gasteiger partial charge in [0.25, 0.3) is 0 Å². The van der Waals surface area contributed by atoms with Crippen molar-refractivity contribution in [3.05, 3.63) is 137 Å². The van der Waals surface area contributed by atoms with Crippen molar-refractivity contribution >= 4 is 11.6 Å². The maximum atomic E-state index is 13.8. The van der Waals surface area contributed by atoms with Gasteiger partial charge < -0.3 is 11.1 Å². The van der Waals surface area contributed by atoms with E-state index in [1.165, 1.54) is 11.1 Å². The Morgan fingerprint density at radius 3 is 2.06 bits per heavy atom. The van der Waals surface area contributed by atoms with Gasteiger partial charge in [0, 0.05) is 11.6 Å². The smallest absolute Gasteiger partial charge is 0.232 e. The highest BCUT2D eigenvalue weighted by atomic mass is 16.2. The van der Waals surface area contributed by atoms with Crippen molar-refractivity contribution in [2.75, 3.05) is 5.73 Å². The van der Waals surface area contributed by atoms with Crippen LogP contribution in [0.25, 0.3) is 0 Å². The van der Waals surface area contributed by atoms with Crippen molar-refractivity contribution in [3.8, 4) is 0 Å². The summed E-state index contributed by atoms with van der Waals surface area (Å²) in [5, 5.41) is 3.42. The van der Waals surface area contributed by atoms with Crippen LogP contribution in [-0.4, -0.2) is 5.91 Å². The summed E-state index contributed by atoms with van der Waals surface area (Å²) in [4.78, 5) is 13.8. The van der Waals surface area contributed by atoms with Crippen LogP contribution in [0.15, 0.2) is 109 Å². The van der Waals surface area contributed by atoms with Gasteiger partial charge >= 0.3 is 0 Å². The van der Waals surface area contributed by atoms with Crippen LogP contribution in [-0.2, 0) is 11.2 Å². The molecule has 0 fully saturated rings. The Morgan fingerprint density at radius 1 is 0.781 bits per heavy atom. The molecule has 0 radical (unpaired) electrons. The number of carbonyl (C=O) groups is 1. The van der Waals surface area contributed by atoms with E-state index in [0.29, 0.717) is 0 Å². The quantitative estimate of drug-likeness (QED) is 0.415. The highest BCUT2D eigenvalue weighted by Crippen LogP contribution is 2.43. The summed E-state index contributed by atoms with van der Waals surface area (Å²) >= 11 is 0. The summed E-state index contributed by atoms with van der Waals surface area (Å²) in [5.41, 5.74) is 12.4. The van der Waals surface area contributed by atoms with E-state index in [1.807, 2.05) is 84.9 Å². The Kier molecular flexibility index (Phi) is 5.47. The molecule has 0 saturated carbocycles. The molecule has 0 spiro atoms. The monoisotopic (exact) mass is 418 g/mol. The Hall–Kier alpha value is -3.85. The molecule has 1 amide bonds. The molecule has 3 nitrogen and oxygen atoms in total. The molecule has 0 heterocycles. The third-order valence-electron chi connectivity index (χ3n) is 6.40. The summed E-state index contributed by atoms with van der Waals surface area (Å²) < 4.78 is 0. The van der Waals surface area contributed by atoms with E-state index in [4.69, 9.17) is 5.73 Å². The lowest BCUT2D eigenvalue weighted by atomic mass is 9.88. The number of nitrogens with two attached hydrogens (primary N) is 1. The van der Waals surface area contributed by atoms with Gasteiger partial charge in [-0.2, -0.15) is 0 Å². The number of nitrogens with one attached hydrogen (secondary N) is 1. The predicted molar refractivity (Wildman–Crippen MR) is 129 cm³/mol. The largest absolute Gasteiger partial charge is 0.399 e. The molecule has 4 aromatic carbocycles. The third kappa shape index (κ3) is 3.90. The Morgan fingerprint density at radius 2 is 1.41 bits per heavy atom. The van der Waals surface area contributed by atoms with Crippen molar-refractivity contribution in [3.63, 3.8) is 0 Å². The fraction of sp³-hybridized carbons (Fsp3) is 0.138. The van der Waals surface area contributed by atoms with Crippen molar-refractivity contribution in [2.24, 2.45) is 0 Å². The van der Waals surface area contributed by atoms with Gasteiger partial charge in [0.1, 0.15) is 0 Å². The van der Waals surface area contributed by atoms with Gasteiger partial charge in [-0.1, -0.05) is 97.1 Å². The van der Waals surface area contributed by atoms with Crippen LogP contribution in [0.2, 0.25) is 0 Å². The summed E-state index contributed by atoms with van der Waals surface area (Å²) in [6, 6.07) is 36.3. The van der Waals surface area contributed by atoms with E-state index < -0.39 is 0 Å². The van der Waals surface area contributed by atoms with E-state index in [1.54, 1.807) is 0 Å². The van der Waals surface area contributed by atoms with Crippen LogP contribution in [0.3, 0.4) is 0 Å². The van der Waals surface area contributed by atoms with E-state index in [2.05, 4.69) is 29.6 Å². The SMILES string of the molecule is Nc1cccc([C@H]2Cc3ccccc3[C@H]2NC(=O)C(c2ccccc2)c2ccccc2)c1. The van der Waals surface area contributed by atoms with Gasteiger partial charge in [-0.15, -0.1) is 0 Å². The molecule has 0 aromatic heterocycles. The van der Waals surface area contributed by atoms with E-state index in [-0.39, 0.29) is 23.8 Å². The number of rotatable bonds is 5. The van der Waals surface area contributed by atoms with Gasteiger partial charge in [0.05, 0.1) is 12.0 Å². The van der Waals surface area contributed by atoms with Gasteiger partial charge in [-0.05, 0) is 46.4 Å². The minimum atomic E-state index is -0.369. The summed E-state index contributed by atoms with van der Waals surface area (Å²) in [6.45, 7) is 0. The maximum absolute atomic E-state index is 13.8. The number of hydrogen-bond acceptors (Lipinski definition) is 2. The molecule has 2 atom stereocenters. The van der Waals surface area contributed by atoms with Gasteiger partial charge in [-0.25, -0.2) is 0 Å². The minimum absolute atomic E-state index is 0.0120. The lowest BCUT2D eigenvalue weighted by Crippen LogP contribution is -2.35. The van der Waals surface area contributed by atoms with Crippen molar-refractivity contribution in [2.45, 2.75) is 24.3 Å². The molecule has 3 N–H and O–H groups in total. The first-order valence-corrected chi connectivity index (χ1v) is 11.0. The molecule has 0 saturated heterocycles. The third-order valence-corrected chi connectivity index (χ3v) is 6.40.